The Morgan fingerprint density at radius 2 is 1.58 bits per heavy atom. The molecular weight excluding hydrogens is 444 g/mol. The maximum Gasteiger partial charge on any atom is 0.339 e. The second-order valence-corrected chi connectivity index (χ2v) is 8.68. The fourth-order valence-corrected chi connectivity index (χ4v) is 3.92. The van der Waals surface area contributed by atoms with Crippen LogP contribution in [0.1, 0.15) is 27.0 Å². The fourth-order valence-electron chi connectivity index (χ4n) is 2.95. The van der Waals surface area contributed by atoms with Crippen LogP contribution in [0.4, 0.5) is 0 Å². The number of hydrogen-bond donors (Lipinski definition) is 1. The molecule has 0 saturated heterocycles. The Morgan fingerprint density at radius 3 is 2.24 bits per heavy atom. The van der Waals surface area contributed by atoms with Crippen molar-refractivity contribution in [2.75, 3.05) is 14.2 Å². The zero-order valence-electron chi connectivity index (χ0n) is 18.7. The highest BCUT2D eigenvalue weighted by molar-refractivity contribution is 7.87. The number of nitrogens with zero attached hydrogens (tertiary/aromatic N) is 1. The molecule has 0 aliphatic rings. The van der Waals surface area contributed by atoms with Gasteiger partial charge in [0.25, 0.3) is 5.91 Å². The number of methoxy groups -OCH3 is 2. The number of ether oxygens (including phenoxy) is 2. The molecule has 0 atom stereocenters. The van der Waals surface area contributed by atoms with Gasteiger partial charge in [-0.25, -0.2) is 5.43 Å². The van der Waals surface area contributed by atoms with Crippen LogP contribution in [0.15, 0.2) is 70.7 Å². The van der Waals surface area contributed by atoms with Gasteiger partial charge in [0.15, 0.2) is 11.5 Å². The number of para-hydroxylation sites is 1. The van der Waals surface area contributed by atoms with E-state index >= 15 is 0 Å². The minimum atomic E-state index is -4.13. The summed E-state index contributed by atoms with van der Waals surface area (Å²) in [5, 5.41) is 3.96. The van der Waals surface area contributed by atoms with Gasteiger partial charge < -0.3 is 13.7 Å². The minimum Gasteiger partial charge on any atom is -0.496 e. The second-order valence-electron chi connectivity index (χ2n) is 7.13. The molecule has 0 bridgehead atoms. The lowest BCUT2D eigenvalue weighted by atomic mass is 10.1. The normalized spacial score (nSPS) is 11.3. The Morgan fingerprint density at radius 1 is 0.909 bits per heavy atom. The number of aryl methyl sites for hydroxylation is 2. The predicted octanol–water partition coefficient (Wildman–Crippen LogP) is 3.85. The molecule has 0 spiro atoms. The molecule has 3 rings (SSSR count). The molecule has 1 amide bonds. The van der Waals surface area contributed by atoms with E-state index in [1.54, 1.807) is 48.5 Å². The van der Waals surface area contributed by atoms with E-state index in [0.29, 0.717) is 16.9 Å². The Labute approximate surface area is 192 Å². The van der Waals surface area contributed by atoms with Gasteiger partial charge in [-0.2, -0.15) is 13.5 Å². The lowest BCUT2D eigenvalue weighted by Crippen LogP contribution is -2.18. The van der Waals surface area contributed by atoms with E-state index in [2.05, 4.69) is 10.5 Å². The zero-order chi connectivity index (χ0) is 24.0. The summed E-state index contributed by atoms with van der Waals surface area (Å²) < 4.78 is 41.5. The van der Waals surface area contributed by atoms with Crippen molar-refractivity contribution >= 4 is 22.2 Å². The lowest BCUT2D eigenvalue weighted by Gasteiger charge is -2.13. The number of carbonyl (C=O) groups excluding carboxylic acids is 1. The van der Waals surface area contributed by atoms with Gasteiger partial charge in [-0.1, -0.05) is 29.8 Å². The van der Waals surface area contributed by atoms with Crippen molar-refractivity contribution in [3.63, 3.8) is 0 Å². The molecule has 0 aliphatic carbocycles. The smallest absolute Gasteiger partial charge is 0.339 e. The first-order valence-corrected chi connectivity index (χ1v) is 11.3. The summed E-state index contributed by atoms with van der Waals surface area (Å²) in [7, 11) is -1.26. The van der Waals surface area contributed by atoms with E-state index in [1.165, 1.54) is 32.6 Å². The fraction of sp³-hybridized carbons (Fsp3) is 0.167. The molecule has 1 N–H and O–H groups in total. The summed E-state index contributed by atoms with van der Waals surface area (Å²) in [6.07, 6.45) is 1.28. The molecule has 3 aromatic rings. The number of rotatable bonds is 8. The van der Waals surface area contributed by atoms with Gasteiger partial charge in [0, 0.05) is 5.56 Å². The minimum absolute atomic E-state index is 0.00154. The van der Waals surface area contributed by atoms with E-state index in [4.69, 9.17) is 13.7 Å². The molecule has 0 saturated carbocycles. The van der Waals surface area contributed by atoms with Crippen molar-refractivity contribution in [2.24, 2.45) is 5.10 Å². The van der Waals surface area contributed by atoms with E-state index in [1.807, 2.05) is 13.8 Å². The molecule has 0 unspecified atom stereocenters. The first-order chi connectivity index (χ1) is 15.7. The standard InChI is InChI=1S/C24H24N2O6S/c1-16-8-11-19(12-9-16)33(28,29)32-23-18(6-5-7-21(23)30-3)15-25-26-24(27)20-13-10-17(2)14-22(20)31-4/h5-15H,1-4H3,(H,26,27)/b25-15+. The van der Waals surface area contributed by atoms with E-state index in [0.717, 1.165) is 11.1 Å². The molecule has 9 heteroatoms. The van der Waals surface area contributed by atoms with Crippen LogP contribution in [0, 0.1) is 13.8 Å². The highest BCUT2D eigenvalue weighted by atomic mass is 32.2. The molecule has 8 nitrogen and oxygen atoms in total. The largest absolute Gasteiger partial charge is 0.496 e. The van der Waals surface area contributed by atoms with Crippen LogP contribution >= 0.6 is 0 Å². The van der Waals surface area contributed by atoms with E-state index < -0.39 is 16.0 Å². The summed E-state index contributed by atoms with van der Waals surface area (Å²) in [5.74, 6) is 0.0747. The van der Waals surface area contributed by atoms with E-state index in [-0.39, 0.29) is 16.4 Å². The lowest BCUT2D eigenvalue weighted by molar-refractivity contribution is 0.0952. The van der Waals surface area contributed by atoms with Gasteiger partial charge in [-0.05, 0) is 55.8 Å². The third kappa shape index (κ3) is 5.69. The summed E-state index contributed by atoms with van der Waals surface area (Å²) >= 11 is 0. The number of carbonyl (C=O) groups is 1. The Bertz CT molecular complexity index is 1280. The van der Waals surface area contributed by atoms with Crippen LogP contribution in [0.2, 0.25) is 0 Å². The average molecular weight is 469 g/mol. The number of hydrogen-bond acceptors (Lipinski definition) is 7. The summed E-state index contributed by atoms with van der Waals surface area (Å²) in [4.78, 5) is 12.5. The molecule has 0 fully saturated rings. The van der Waals surface area contributed by atoms with Crippen LogP contribution < -0.4 is 19.1 Å². The van der Waals surface area contributed by atoms with E-state index in [9.17, 15) is 13.2 Å². The number of hydrazone groups is 1. The van der Waals surface area contributed by atoms with Crippen LogP contribution in [-0.2, 0) is 10.1 Å². The molecule has 0 aliphatic heterocycles. The molecule has 3 aromatic carbocycles. The highest BCUT2D eigenvalue weighted by Gasteiger charge is 2.21. The third-order valence-corrected chi connectivity index (χ3v) is 5.94. The monoisotopic (exact) mass is 468 g/mol. The first-order valence-electron chi connectivity index (χ1n) is 9.91. The maximum absolute atomic E-state index is 12.8. The summed E-state index contributed by atoms with van der Waals surface area (Å²) in [6.45, 7) is 3.74. The quantitative estimate of drug-likeness (QED) is 0.306. The zero-order valence-corrected chi connectivity index (χ0v) is 19.5. The first kappa shape index (κ1) is 23.8. The van der Waals surface area contributed by atoms with Crippen molar-refractivity contribution in [1.29, 1.82) is 0 Å². The number of benzene rings is 3. The SMILES string of the molecule is COc1cc(C)ccc1C(=O)N/N=C/c1cccc(OC)c1OS(=O)(=O)c1ccc(C)cc1. The molecule has 0 radical (unpaired) electrons. The van der Waals surface area contributed by atoms with Gasteiger partial charge in [0.1, 0.15) is 10.6 Å². The molecule has 172 valence electrons. The van der Waals surface area contributed by atoms with Crippen molar-refractivity contribution in [1.82, 2.24) is 5.43 Å². The van der Waals surface area contributed by atoms with Crippen molar-refractivity contribution in [3.8, 4) is 17.2 Å². The average Bonchev–Trinajstić information content (AvgIpc) is 2.79. The summed E-state index contributed by atoms with van der Waals surface area (Å²) in [6, 6.07) is 16.2. The molecule has 0 aromatic heterocycles. The van der Waals surface area contributed by atoms with Crippen LogP contribution in [0.25, 0.3) is 0 Å². The topological polar surface area (TPSA) is 103 Å². The van der Waals surface area contributed by atoms with Gasteiger partial charge in [0.05, 0.1) is 26.0 Å². The van der Waals surface area contributed by atoms with Gasteiger partial charge >= 0.3 is 10.1 Å². The predicted molar refractivity (Wildman–Crippen MR) is 125 cm³/mol. The van der Waals surface area contributed by atoms with Gasteiger partial charge in [-0.3, -0.25) is 4.79 Å². The van der Waals surface area contributed by atoms with Gasteiger partial charge in [-0.15, -0.1) is 0 Å². The summed E-state index contributed by atoms with van der Waals surface area (Å²) in [5.41, 5.74) is 4.88. The van der Waals surface area contributed by atoms with Crippen molar-refractivity contribution < 1.29 is 26.9 Å². The van der Waals surface area contributed by atoms with Crippen molar-refractivity contribution in [2.45, 2.75) is 18.7 Å². The highest BCUT2D eigenvalue weighted by Crippen LogP contribution is 2.32. The Hall–Kier alpha value is -3.85. The Kier molecular flexibility index (Phi) is 7.34. The van der Waals surface area contributed by atoms with Crippen LogP contribution in [0.3, 0.4) is 0 Å². The number of nitrogens with one attached hydrogen (secondary N) is 1. The molecule has 33 heavy (non-hydrogen) atoms. The maximum atomic E-state index is 12.8. The molecule has 0 heterocycles. The second kappa shape index (κ2) is 10.2. The third-order valence-electron chi connectivity index (χ3n) is 4.70. The van der Waals surface area contributed by atoms with Crippen LogP contribution in [-0.4, -0.2) is 34.8 Å². The van der Waals surface area contributed by atoms with Crippen molar-refractivity contribution in [3.05, 3.63) is 82.9 Å². The van der Waals surface area contributed by atoms with Crippen LogP contribution in [0.5, 0.6) is 17.2 Å². The Balaban J connectivity index is 1.86. The molecular formula is C24H24N2O6S. The number of amides is 1. The van der Waals surface area contributed by atoms with Gasteiger partial charge in [0.2, 0.25) is 0 Å².